The van der Waals surface area contributed by atoms with Crippen molar-refractivity contribution in [1.82, 2.24) is 25.2 Å². The van der Waals surface area contributed by atoms with Crippen LogP contribution in [0.4, 0.5) is 0 Å². The highest BCUT2D eigenvalue weighted by Gasteiger charge is 2.19. The molecule has 136 valence electrons. The Labute approximate surface area is 154 Å². The summed E-state index contributed by atoms with van der Waals surface area (Å²) < 4.78 is 5.99. The maximum absolute atomic E-state index is 11.3. The number of benzene rings is 1. The predicted octanol–water partition coefficient (Wildman–Crippen LogP) is 3.18. The molecule has 0 aliphatic carbocycles. The number of carbonyl (C=O) groups is 1. The highest BCUT2D eigenvalue weighted by atomic mass is 32.1. The third kappa shape index (κ3) is 3.57. The van der Waals surface area contributed by atoms with Crippen LogP contribution in [0.1, 0.15) is 35.6 Å². The Morgan fingerprint density at radius 3 is 2.77 bits per heavy atom. The van der Waals surface area contributed by atoms with Gasteiger partial charge in [0.05, 0.1) is 24.4 Å². The second kappa shape index (κ2) is 7.20. The summed E-state index contributed by atoms with van der Waals surface area (Å²) in [6, 6.07) is 5.56. The van der Waals surface area contributed by atoms with Crippen molar-refractivity contribution in [3.8, 4) is 27.7 Å². The molecule has 0 radical (unpaired) electrons. The predicted molar refractivity (Wildman–Crippen MR) is 97.4 cm³/mol. The third-order valence-electron chi connectivity index (χ3n) is 3.87. The first kappa shape index (κ1) is 18.0. The second-order valence-electron chi connectivity index (χ2n) is 5.89. The van der Waals surface area contributed by atoms with E-state index in [0.717, 1.165) is 23.3 Å². The number of hydrogen-bond donors (Lipinski definition) is 1. The van der Waals surface area contributed by atoms with Crippen molar-refractivity contribution < 1.29 is 14.6 Å². The fourth-order valence-electron chi connectivity index (χ4n) is 2.35. The van der Waals surface area contributed by atoms with Crippen molar-refractivity contribution in [2.24, 2.45) is 7.05 Å². The quantitative estimate of drug-likeness (QED) is 0.708. The van der Waals surface area contributed by atoms with Crippen molar-refractivity contribution in [3.63, 3.8) is 0 Å². The lowest BCUT2D eigenvalue weighted by Gasteiger charge is -2.15. The van der Waals surface area contributed by atoms with E-state index in [9.17, 15) is 9.90 Å². The number of aromatic carboxylic acids is 1. The molecule has 1 aromatic carbocycles. The summed E-state index contributed by atoms with van der Waals surface area (Å²) in [5.41, 5.74) is 1.97. The molecular formula is C17H19N5O3S. The number of nitrogens with zero attached hydrogens (tertiary/aromatic N) is 5. The Morgan fingerprint density at radius 2 is 2.19 bits per heavy atom. The Morgan fingerprint density at radius 1 is 1.42 bits per heavy atom. The minimum absolute atomic E-state index is 0.0389. The van der Waals surface area contributed by atoms with E-state index in [1.54, 1.807) is 14.0 Å². The largest absolute Gasteiger partial charge is 0.490 e. The lowest BCUT2D eigenvalue weighted by atomic mass is 10.1. The molecule has 0 spiro atoms. The van der Waals surface area contributed by atoms with Crippen LogP contribution in [0.2, 0.25) is 0 Å². The topological polar surface area (TPSA) is 103 Å². The van der Waals surface area contributed by atoms with Crippen LogP contribution in [0.25, 0.3) is 22.0 Å². The molecule has 0 aliphatic rings. The van der Waals surface area contributed by atoms with Crippen LogP contribution in [0, 0.1) is 6.92 Å². The zero-order chi connectivity index (χ0) is 18.8. The van der Waals surface area contributed by atoms with Gasteiger partial charge < -0.3 is 9.84 Å². The number of carboxylic acids is 1. The SMILES string of the molecule is CC[C@H](C)Oc1ccc(-c2nc(C)c(C(=O)O)s2)cc1-c1nnn(C)n1. The van der Waals surface area contributed by atoms with Gasteiger partial charge in [-0.15, -0.1) is 21.5 Å². The van der Waals surface area contributed by atoms with E-state index in [1.165, 1.54) is 4.80 Å². The van der Waals surface area contributed by atoms with Crippen LogP contribution in [0.5, 0.6) is 5.75 Å². The van der Waals surface area contributed by atoms with Crippen LogP contribution in [-0.2, 0) is 7.05 Å². The highest BCUT2D eigenvalue weighted by Crippen LogP contribution is 2.35. The molecule has 0 bridgehead atoms. The smallest absolute Gasteiger partial charge is 0.347 e. The summed E-state index contributed by atoms with van der Waals surface area (Å²) in [7, 11) is 1.69. The summed E-state index contributed by atoms with van der Waals surface area (Å²) in [5.74, 6) is 0.126. The standard InChI is InChI=1S/C17H19N5O3S/c1-5-9(2)25-13-7-6-11(8-12(13)15-19-21-22(4)20-15)16-18-10(3)14(26-16)17(23)24/h6-9H,5H2,1-4H3,(H,23,24)/t9-/m0/s1. The highest BCUT2D eigenvalue weighted by molar-refractivity contribution is 7.17. The van der Waals surface area contributed by atoms with Crippen molar-refractivity contribution >= 4 is 17.3 Å². The second-order valence-corrected chi connectivity index (χ2v) is 6.89. The zero-order valence-corrected chi connectivity index (χ0v) is 15.7. The van der Waals surface area contributed by atoms with Crippen LogP contribution in [0.15, 0.2) is 18.2 Å². The van der Waals surface area contributed by atoms with Gasteiger partial charge in [-0.1, -0.05) is 6.92 Å². The van der Waals surface area contributed by atoms with Crippen molar-refractivity contribution in [2.45, 2.75) is 33.3 Å². The van der Waals surface area contributed by atoms with Gasteiger partial charge >= 0.3 is 5.97 Å². The monoisotopic (exact) mass is 373 g/mol. The summed E-state index contributed by atoms with van der Waals surface area (Å²) >= 11 is 1.14. The van der Waals surface area contributed by atoms with Crippen LogP contribution < -0.4 is 4.74 Å². The molecule has 2 heterocycles. The lowest BCUT2D eigenvalue weighted by molar-refractivity contribution is 0.0701. The Balaban J connectivity index is 2.08. The summed E-state index contributed by atoms with van der Waals surface area (Å²) in [4.78, 5) is 17.3. The van der Waals surface area contributed by atoms with Crippen molar-refractivity contribution in [1.29, 1.82) is 0 Å². The van der Waals surface area contributed by atoms with Gasteiger partial charge in [0.1, 0.15) is 15.6 Å². The van der Waals surface area contributed by atoms with E-state index in [1.807, 2.05) is 32.0 Å². The normalized spacial score (nSPS) is 12.2. The van der Waals surface area contributed by atoms with Crippen molar-refractivity contribution in [3.05, 3.63) is 28.8 Å². The van der Waals surface area contributed by atoms with Gasteiger partial charge in [0.2, 0.25) is 5.82 Å². The summed E-state index contributed by atoms with van der Waals surface area (Å²) in [6.07, 6.45) is 0.903. The third-order valence-corrected chi connectivity index (χ3v) is 5.06. The number of thiazole rings is 1. The fourth-order valence-corrected chi connectivity index (χ4v) is 3.25. The van der Waals surface area contributed by atoms with E-state index in [2.05, 4.69) is 20.4 Å². The number of carboxylic acid groups (broad SMARTS) is 1. The molecule has 3 rings (SSSR count). The van der Waals surface area contributed by atoms with Gasteiger partial charge in [-0.25, -0.2) is 9.78 Å². The lowest BCUT2D eigenvalue weighted by Crippen LogP contribution is -2.10. The molecule has 1 N–H and O–H groups in total. The molecule has 8 nitrogen and oxygen atoms in total. The number of aromatic nitrogens is 5. The molecule has 0 saturated carbocycles. The van der Waals surface area contributed by atoms with E-state index >= 15 is 0 Å². The molecule has 0 fully saturated rings. The maximum Gasteiger partial charge on any atom is 0.347 e. The van der Waals surface area contributed by atoms with E-state index in [4.69, 9.17) is 4.74 Å². The van der Waals surface area contributed by atoms with Gasteiger partial charge in [0.25, 0.3) is 0 Å². The summed E-state index contributed by atoms with van der Waals surface area (Å²) in [5, 5.41) is 22.1. The average molecular weight is 373 g/mol. The Kier molecular flexibility index (Phi) is 4.99. The van der Waals surface area contributed by atoms with E-state index in [0.29, 0.717) is 27.8 Å². The molecule has 3 aromatic rings. The van der Waals surface area contributed by atoms with E-state index in [-0.39, 0.29) is 11.0 Å². The molecule has 0 aliphatic heterocycles. The first-order chi connectivity index (χ1) is 12.4. The molecule has 0 amide bonds. The maximum atomic E-state index is 11.3. The van der Waals surface area contributed by atoms with Gasteiger partial charge in [-0.2, -0.15) is 4.80 Å². The van der Waals surface area contributed by atoms with Crippen molar-refractivity contribution in [2.75, 3.05) is 0 Å². The molecular weight excluding hydrogens is 354 g/mol. The summed E-state index contributed by atoms with van der Waals surface area (Å²) in [6.45, 7) is 5.73. The van der Waals surface area contributed by atoms with Gasteiger partial charge in [0, 0.05) is 5.56 Å². The number of hydrogen-bond acceptors (Lipinski definition) is 7. The number of ether oxygens (including phenoxy) is 1. The molecule has 2 aromatic heterocycles. The van der Waals surface area contributed by atoms with Gasteiger partial charge in [-0.05, 0) is 43.7 Å². The average Bonchev–Trinajstić information content (AvgIpc) is 3.21. The first-order valence-corrected chi connectivity index (χ1v) is 8.96. The molecule has 1 atom stereocenters. The molecule has 0 saturated heterocycles. The Hall–Kier alpha value is -2.81. The van der Waals surface area contributed by atoms with Crippen LogP contribution >= 0.6 is 11.3 Å². The number of rotatable bonds is 6. The van der Waals surface area contributed by atoms with E-state index < -0.39 is 5.97 Å². The zero-order valence-electron chi connectivity index (χ0n) is 14.9. The molecule has 26 heavy (non-hydrogen) atoms. The van der Waals surface area contributed by atoms with Gasteiger partial charge in [0.15, 0.2) is 0 Å². The minimum Gasteiger partial charge on any atom is -0.490 e. The number of aryl methyl sites for hydroxylation is 2. The fraction of sp³-hybridized carbons (Fsp3) is 0.353. The number of tetrazole rings is 1. The minimum atomic E-state index is -0.973. The molecule has 0 unspecified atom stereocenters. The molecule has 9 heteroatoms. The van der Waals surface area contributed by atoms with Gasteiger partial charge in [-0.3, -0.25) is 0 Å². The first-order valence-electron chi connectivity index (χ1n) is 8.15. The van der Waals surface area contributed by atoms with Crippen LogP contribution in [-0.4, -0.2) is 42.4 Å². The Bertz CT molecular complexity index is 950. The van der Waals surface area contributed by atoms with Crippen LogP contribution in [0.3, 0.4) is 0 Å².